The van der Waals surface area contributed by atoms with Crippen molar-refractivity contribution in [2.24, 2.45) is 5.73 Å². The summed E-state index contributed by atoms with van der Waals surface area (Å²) in [7, 11) is 0. The summed E-state index contributed by atoms with van der Waals surface area (Å²) in [5.41, 5.74) is 7.43. The summed E-state index contributed by atoms with van der Waals surface area (Å²) in [4.78, 5) is 23.9. The number of carbonyl (C=O) groups is 2. The molecule has 0 fully saturated rings. The van der Waals surface area contributed by atoms with Crippen LogP contribution in [0.3, 0.4) is 0 Å². The third-order valence-corrected chi connectivity index (χ3v) is 2.84. The first-order chi connectivity index (χ1) is 9.99. The van der Waals surface area contributed by atoms with E-state index in [-0.39, 0.29) is 18.4 Å². The molecule has 1 aromatic rings. The maximum Gasteiger partial charge on any atom is 0.253 e. The van der Waals surface area contributed by atoms with Gasteiger partial charge in [0.2, 0.25) is 5.91 Å². The first-order valence-corrected chi connectivity index (χ1v) is 6.87. The molecule has 0 heterocycles. The van der Waals surface area contributed by atoms with E-state index in [2.05, 4.69) is 22.5 Å². The highest BCUT2D eigenvalue weighted by Crippen LogP contribution is 2.11. The SMILES string of the molecule is CCNC(=O)C(C)NC(=O)c1ccc(C)cc1C#CCN. The van der Waals surface area contributed by atoms with Gasteiger partial charge in [-0.05, 0) is 38.5 Å². The van der Waals surface area contributed by atoms with E-state index in [1.54, 1.807) is 13.0 Å². The molecule has 0 aliphatic heterocycles. The molecular weight excluding hydrogens is 266 g/mol. The van der Waals surface area contributed by atoms with Crippen molar-refractivity contribution in [3.05, 3.63) is 34.9 Å². The fraction of sp³-hybridized carbons (Fsp3) is 0.375. The number of rotatable bonds is 4. The zero-order valence-electron chi connectivity index (χ0n) is 12.6. The quantitative estimate of drug-likeness (QED) is 0.707. The van der Waals surface area contributed by atoms with Crippen LogP contribution in [0.4, 0.5) is 0 Å². The van der Waals surface area contributed by atoms with Crippen molar-refractivity contribution in [1.82, 2.24) is 10.6 Å². The maximum absolute atomic E-state index is 12.3. The number of hydrogen-bond acceptors (Lipinski definition) is 3. The second kappa shape index (κ2) is 8.08. The van der Waals surface area contributed by atoms with E-state index >= 15 is 0 Å². The molecule has 0 radical (unpaired) electrons. The average molecular weight is 287 g/mol. The normalized spacial score (nSPS) is 11.0. The first-order valence-electron chi connectivity index (χ1n) is 6.87. The molecule has 0 bridgehead atoms. The zero-order chi connectivity index (χ0) is 15.8. The lowest BCUT2D eigenvalue weighted by molar-refractivity contribution is -0.122. The van der Waals surface area contributed by atoms with E-state index in [9.17, 15) is 9.59 Å². The zero-order valence-corrected chi connectivity index (χ0v) is 12.6. The van der Waals surface area contributed by atoms with Crippen LogP contribution < -0.4 is 16.4 Å². The number of benzene rings is 1. The predicted octanol–water partition coefficient (Wildman–Crippen LogP) is 0.560. The Morgan fingerprint density at radius 3 is 2.71 bits per heavy atom. The summed E-state index contributed by atoms with van der Waals surface area (Å²) < 4.78 is 0. The molecule has 1 unspecified atom stereocenters. The number of likely N-dealkylation sites (N-methyl/N-ethyl adjacent to an activating group) is 1. The maximum atomic E-state index is 12.3. The van der Waals surface area contributed by atoms with Crippen LogP contribution in [0.2, 0.25) is 0 Å². The van der Waals surface area contributed by atoms with Crippen LogP contribution in [-0.4, -0.2) is 30.9 Å². The molecule has 0 aliphatic rings. The molecule has 1 atom stereocenters. The third kappa shape index (κ3) is 4.93. The molecule has 4 N–H and O–H groups in total. The topological polar surface area (TPSA) is 84.2 Å². The minimum Gasteiger partial charge on any atom is -0.355 e. The molecular formula is C16H21N3O2. The molecule has 5 nitrogen and oxygen atoms in total. The van der Waals surface area contributed by atoms with Crippen molar-refractivity contribution in [1.29, 1.82) is 0 Å². The fourth-order valence-corrected chi connectivity index (χ4v) is 1.77. The molecule has 1 aromatic carbocycles. The van der Waals surface area contributed by atoms with Gasteiger partial charge in [-0.3, -0.25) is 9.59 Å². The molecule has 1 rings (SSSR count). The summed E-state index contributed by atoms with van der Waals surface area (Å²) >= 11 is 0. The highest BCUT2D eigenvalue weighted by Gasteiger charge is 2.17. The van der Waals surface area contributed by atoms with E-state index in [4.69, 9.17) is 5.73 Å². The lowest BCUT2D eigenvalue weighted by atomic mass is 10.0. The van der Waals surface area contributed by atoms with Crippen molar-refractivity contribution < 1.29 is 9.59 Å². The predicted molar refractivity (Wildman–Crippen MR) is 82.7 cm³/mol. The molecule has 0 spiro atoms. The number of hydrogen-bond donors (Lipinski definition) is 3. The summed E-state index contributed by atoms with van der Waals surface area (Å²) in [6.07, 6.45) is 0. The lowest BCUT2D eigenvalue weighted by Crippen LogP contribution is -2.44. The van der Waals surface area contributed by atoms with Crippen molar-refractivity contribution in [3.63, 3.8) is 0 Å². The highest BCUT2D eigenvalue weighted by atomic mass is 16.2. The Labute approximate surface area is 125 Å². The Morgan fingerprint density at radius 2 is 2.10 bits per heavy atom. The van der Waals surface area contributed by atoms with Crippen molar-refractivity contribution in [3.8, 4) is 11.8 Å². The number of nitrogens with two attached hydrogens (primary N) is 1. The third-order valence-electron chi connectivity index (χ3n) is 2.84. The minimum atomic E-state index is -0.603. The fourth-order valence-electron chi connectivity index (χ4n) is 1.77. The van der Waals surface area contributed by atoms with E-state index in [0.29, 0.717) is 17.7 Å². The van der Waals surface area contributed by atoms with Crippen molar-refractivity contribution >= 4 is 11.8 Å². The molecule has 0 saturated heterocycles. The van der Waals surface area contributed by atoms with Gasteiger partial charge in [-0.15, -0.1) is 0 Å². The molecule has 112 valence electrons. The summed E-state index contributed by atoms with van der Waals surface area (Å²) in [5.74, 6) is 5.09. The molecule has 0 saturated carbocycles. The summed E-state index contributed by atoms with van der Waals surface area (Å²) in [6.45, 7) is 6.14. The number of amides is 2. The molecule has 0 aliphatic carbocycles. The standard InChI is InChI=1S/C16H21N3O2/c1-4-18-15(20)12(3)19-16(21)14-8-7-11(2)10-13(14)6-5-9-17/h7-8,10,12H,4,9,17H2,1-3H3,(H,18,20)(H,19,21). The number of nitrogens with one attached hydrogen (secondary N) is 2. The van der Waals surface area contributed by atoms with Gasteiger partial charge in [-0.1, -0.05) is 17.9 Å². The van der Waals surface area contributed by atoms with Crippen LogP contribution in [0.1, 0.15) is 35.3 Å². The van der Waals surface area contributed by atoms with Crippen LogP contribution in [0.25, 0.3) is 0 Å². The van der Waals surface area contributed by atoms with Crippen LogP contribution in [0, 0.1) is 18.8 Å². The smallest absolute Gasteiger partial charge is 0.253 e. The van der Waals surface area contributed by atoms with Crippen LogP contribution in [0.5, 0.6) is 0 Å². The van der Waals surface area contributed by atoms with Gasteiger partial charge in [0.05, 0.1) is 12.1 Å². The summed E-state index contributed by atoms with van der Waals surface area (Å²) in [5, 5.41) is 5.33. The van der Waals surface area contributed by atoms with Crippen molar-refractivity contribution in [2.45, 2.75) is 26.8 Å². The summed E-state index contributed by atoms with van der Waals surface area (Å²) in [6, 6.07) is 4.76. The largest absolute Gasteiger partial charge is 0.355 e. The average Bonchev–Trinajstić information content (AvgIpc) is 2.45. The van der Waals surface area contributed by atoms with Gasteiger partial charge in [0.1, 0.15) is 6.04 Å². The van der Waals surface area contributed by atoms with Gasteiger partial charge in [-0.25, -0.2) is 0 Å². The van der Waals surface area contributed by atoms with Gasteiger partial charge in [0.15, 0.2) is 0 Å². The lowest BCUT2D eigenvalue weighted by Gasteiger charge is -2.14. The van der Waals surface area contributed by atoms with Crippen molar-refractivity contribution in [2.75, 3.05) is 13.1 Å². The second-order valence-corrected chi connectivity index (χ2v) is 4.64. The Bertz CT molecular complexity index is 585. The minimum absolute atomic E-state index is 0.215. The Hall–Kier alpha value is -2.32. The first kappa shape index (κ1) is 16.7. The molecule has 5 heteroatoms. The van der Waals surface area contributed by atoms with Crippen LogP contribution in [-0.2, 0) is 4.79 Å². The number of aryl methyl sites for hydroxylation is 1. The van der Waals surface area contributed by atoms with Gasteiger partial charge in [0.25, 0.3) is 5.91 Å². The number of carbonyl (C=O) groups excluding carboxylic acids is 2. The Balaban J connectivity index is 2.94. The van der Waals surface area contributed by atoms with Gasteiger partial charge in [0, 0.05) is 12.1 Å². The highest BCUT2D eigenvalue weighted by molar-refractivity contribution is 5.99. The molecule has 21 heavy (non-hydrogen) atoms. The van der Waals surface area contributed by atoms with E-state index in [1.165, 1.54) is 0 Å². The van der Waals surface area contributed by atoms with Gasteiger partial charge >= 0.3 is 0 Å². The Morgan fingerprint density at radius 1 is 1.38 bits per heavy atom. The second-order valence-electron chi connectivity index (χ2n) is 4.64. The van der Waals surface area contributed by atoms with Crippen LogP contribution >= 0.6 is 0 Å². The van der Waals surface area contributed by atoms with Gasteiger partial charge in [-0.2, -0.15) is 0 Å². The Kier molecular flexibility index (Phi) is 6.44. The monoisotopic (exact) mass is 287 g/mol. The van der Waals surface area contributed by atoms with Gasteiger partial charge < -0.3 is 16.4 Å². The van der Waals surface area contributed by atoms with Crippen LogP contribution in [0.15, 0.2) is 18.2 Å². The van der Waals surface area contributed by atoms with E-state index < -0.39 is 6.04 Å². The molecule has 2 amide bonds. The van der Waals surface area contributed by atoms with E-state index in [1.807, 2.05) is 26.0 Å². The molecule has 0 aromatic heterocycles. The van der Waals surface area contributed by atoms with E-state index in [0.717, 1.165) is 5.56 Å².